The maximum absolute atomic E-state index is 15.9. The molecular weight excluding hydrogens is 566 g/mol. The highest BCUT2D eigenvalue weighted by Crippen LogP contribution is 2.60. The van der Waals surface area contributed by atoms with Crippen molar-refractivity contribution in [2.24, 2.45) is 5.41 Å². The minimum Gasteiger partial charge on any atom is -0.379 e. The Balaban J connectivity index is 1.58. The van der Waals surface area contributed by atoms with Crippen LogP contribution in [-0.4, -0.2) is 80.1 Å². The third kappa shape index (κ3) is 5.62. The second kappa shape index (κ2) is 11.8. The number of halogens is 3. The van der Waals surface area contributed by atoms with Crippen LogP contribution in [0, 0.1) is 11.2 Å². The van der Waals surface area contributed by atoms with Crippen molar-refractivity contribution in [1.82, 2.24) is 15.1 Å². The minimum atomic E-state index is -1.25. The molecule has 2 aromatic rings. The number of benzene rings is 2. The summed E-state index contributed by atoms with van der Waals surface area (Å²) in [6.07, 6.45) is 1.37. The molecule has 1 spiro atoms. The molecule has 2 saturated heterocycles. The predicted octanol–water partition coefficient (Wildman–Crippen LogP) is 5.06. The molecule has 0 saturated carbocycles. The van der Waals surface area contributed by atoms with E-state index in [9.17, 15) is 9.59 Å². The van der Waals surface area contributed by atoms with Gasteiger partial charge in [-0.05, 0) is 61.2 Å². The Kier molecular flexibility index (Phi) is 8.71. The summed E-state index contributed by atoms with van der Waals surface area (Å²) in [7, 11) is 1.87. The molecule has 3 aliphatic rings. The highest BCUT2D eigenvalue weighted by molar-refractivity contribution is 6.31. The van der Waals surface area contributed by atoms with E-state index in [2.05, 4.69) is 36.3 Å². The van der Waals surface area contributed by atoms with Gasteiger partial charge in [-0.15, -0.1) is 0 Å². The number of morpholine rings is 1. The molecule has 2 amide bonds. The molecule has 0 aromatic heterocycles. The van der Waals surface area contributed by atoms with Gasteiger partial charge in [-0.3, -0.25) is 19.4 Å². The Morgan fingerprint density at radius 3 is 2.63 bits per heavy atom. The molecule has 5 rings (SSSR count). The van der Waals surface area contributed by atoms with E-state index < -0.39 is 29.2 Å². The van der Waals surface area contributed by atoms with Crippen molar-refractivity contribution >= 4 is 40.7 Å². The smallest absolute Gasteiger partial charge is 0.238 e. The molecule has 2 aromatic carbocycles. The van der Waals surface area contributed by atoms with Crippen molar-refractivity contribution < 1.29 is 18.7 Å². The van der Waals surface area contributed by atoms with Gasteiger partial charge in [-0.1, -0.05) is 62.2 Å². The zero-order valence-electron chi connectivity index (χ0n) is 24.1. The fourth-order valence-electron chi connectivity index (χ4n) is 7.02. The first-order valence-electron chi connectivity index (χ1n) is 14.3. The third-order valence-electron chi connectivity index (χ3n) is 8.76. The van der Waals surface area contributed by atoms with Crippen LogP contribution >= 0.6 is 23.2 Å². The van der Waals surface area contributed by atoms with Crippen LogP contribution in [0.2, 0.25) is 10.0 Å². The monoisotopic (exact) mass is 604 g/mol. The number of carbonyl (C=O) groups excluding carboxylic acids is 2. The number of nitrogens with zero attached hydrogens (tertiary/aromatic N) is 2. The average molecular weight is 606 g/mol. The van der Waals surface area contributed by atoms with Gasteiger partial charge in [-0.2, -0.15) is 0 Å². The van der Waals surface area contributed by atoms with Crippen LogP contribution in [0.4, 0.5) is 10.1 Å². The van der Waals surface area contributed by atoms with Gasteiger partial charge in [0, 0.05) is 42.3 Å². The SMILES string of the molecule is CN1C(C(=O)NCCCN2CCOCC2)C(c2cccc(Cl)c2F)C2(C(=O)Nc3cc(Cl)ccc32)C1CC(C)(C)C. The maximum Gasteiger partial charge on any atom is 0.238 e. The molecule has 4 atom stereocenters. The van der Waals surface area contributed by atoms with Crippen molar-refractivity contribution in [3.63, 3.8) is 0 Å². The largest absolute Gasteiger partial charge is 0.379 e. The minimum absolute atomic E-state index is 0.0426. The Morgan fingerprint density at radius 1 is 1.20 bits per heavy atom. The summed E-state index contributed by atoms with van der Waals surface area (Å²) in [5, 5.41) is 6.60. The second-order valence-electron chi connectivity index (χ2n) is 12.6. The summed E-state index contributed by atoms with van der Waals surface area (Å²) in [6.45, 7) is 10.9. The molecule has 41 heavy (non-hydrogen) atoms. The summed E-state index contributed by atoms with van der Waals surface area (Å²) in [4.78, 5) is 32.7. The lowest BCUT2D eigenvalue weighted by Crippen LogP contribution is -2.50. The second-order valence-corrected chi connectivity index (χ2v) is 13.5. The number of nitrogens with one attached hydrogen (secondary N) is 2. The quantitative estimate of drug-likeness (QED) is 0.432. The van der Waals surface area contributed by atoms with Crippen LogP contribution in [0.3, 0.4) is 0 Å². The van der Waals surface area contributed by atoms with Crippen LogP contribution in [0.5, 0.6) is 0 Å². The Morgan fingerprint density at radius 2 is 1.93 bits per heavy atom. The summed E-state index contributed by atoms with van der Waals surface area (Å²) in [6, 6.07) is 8.92. The van der Waals surface area contributed by atoms with Gasteiger partial charge in [0.2, 0.25) is 11.8 Å². The Bertz CT molecular complexity index is 1310. The number of fused-ring (bicyclic) bond motifs is 2. The van der Waals surface area contributed by atoms with E-state index in [4.69, 9.17) is 27.9 Å². The molecule has 7 nitrogen and oxygen atoms in total. The molecule has 2 fully saturated rings. The van der Waals surface area contributed by atoms with Crippen molar-refractivity contribution in [3.05, 3.63) is 63.4 Å². The van der Waals surface area contributed by atoms with Crippen LogP contribution in [-0.2, 0) is 19.7 Å². The molecule has 4 unspecified atom stereocenters. The number of hydrogen-bond acceptors (Lipinski definition) is 5. The van der Waals surface area contributed by atoms with E-state index in [0.29, 0.717) is 23.7 Å². The van der Waals surface area contributed by atoms with Crippen molar-refractivity contribution in [2.75, 3.05) is 51.8 Å². The summed E-state index contributed by atoms with van der Waals surface area (Å²) in [5.74, 6) is -1.93. The topological polar surface area (TPSA) is 73.9 Å². The van der Waals surface area contributed by atoms with Crippen molar-refractivity contribution in [2.45, 2.75) is 57.0 Å². The van der Waals surface area contributed by atoms with Gasteiger partial charge in [0.25, 0.3) is 0 Å². The lowest BCUT2D eigenvalue weighted by molar-refractivity contribution is -0.126. The number of amides is 2. The first-order chi connectivity index (χ1) is 19.4. The first kappa shape index (κ1) is 30.2. The highest BCUT2D eigenvalue weighted by Gasteiger charge is 2.68. The molecule has 0 radical (unpaired) electrons. The van der Waals surface area contributed by atoms with Gasteiger partial charge in [0.05, 0.1) is 24.3 Å². The number of carbonyl (C=O) groups is 2. The van der Waals surface area contributed by atoms with Crippen LogP contribution < -0.4 is 10.6 Å². The zero-order valence-corrected chi connectivity index (χ0v) is 25.6. The number of likely N-dealkylation sites (N-methyl/N-ethyl adjacent to an activating group) is 1. The molecule has 0 bridgehead atoms. The van der Waals surface area contributed by atoms with E-state index in [1.165, 1.54) is 6.07 Å². The van der Waals surface area contributed by atoms with Gasteiger partial charge in [-0.25, -0.2) is 4.39 Å². The van der Waals surface area contributed by atoms with Gasteiger partial charge >= 0.3 is 0 Å². The zero-order chi connectivity index (χ0) is 29.5. The molecule has 0 aliphatic carbocycles. The van der Waals surface area contributed by atoms with E-state index in [1.807, 2.05) is 18.0 Å². The summed E-state index contributed by atoms with van der Waals surface area (Å²) in [5.41, 5.74) is 0.131. The molecule has 10 heteroatoms. The third-order valence-corrected chi connectivity index (χ3v) is 9.29. The van der Waals surface area contributed by atoms with E-state index >= 15 is 4.39 Å². The number of anilines is 1. The highest BCUT2D eigenvalue weighted by atomic mass is 35.5. The molecule has 3 aliphatic heterocycles. The average Bonchev–Trinajstić information content (AvgIpc) is 3.34. The molecule has 3 heterocycles. The number of rotatable bonds is 7. The Labute approximate surface area is 251 Å². The first-order valence-corrected chi connectivity index (χ1v) is 15.1. The molecular formula is C31H39Cl2FN4O3. The number of ether oxygens (including phenoxy) is 1. The van der Waals surface area contributed by atoms with E-state index in [-0.39, 0.29) is 27.8 Å². The van der Waals surface area contributed by atoms with Gasteiger partial charge in [0.15, 0.2) is 0 Å². The van der Waals surface area contributed by atoms with E-state index in [1.54, 1.807) is 24.3 Å². The number of likely N-dealkylation sites (tertiary alicyclic amines) is 1. The normalized spacial score (nSPS) is 26.8. The molecule has 222 valence electrons. The summed E-state index contributed by atoms with van der Waals surface area (Å²) >= 11 is 12.6. The fourth-order valence-corrected chi connectivity index (χ4v) is 7.37. The van der Waals surface area contributed by atoms with Crippen LogP contribution in [0.1, 0.15) is 50.7 Å². The molecule has 2 N–H and O–H groups in total. The lowest BCUT2D eigenvalue weighted by Gasteiger charge is -2.39. The number of hydrogen-bond donors (Lipinski definition) is 2. The van der Waals surface area contributed by atoms with Crippen molar-refractivity contribution in [1.29, 1.82) is 0 Å². The van der Waals surface area contributed by atoms with Gasteiger partial charge < -0.3 is 15.4 Å². The Hall–Kier alpha value is -2.23. The fraction of sp³-hybridized carbons (Fsp3) is 0.548. The van der Waals surface area contributed by atoms with Gasteiger partial charge in [0.1, 0.15) is 11.2 Å². The maximum atomic E-state index is 15.9. The standard InChI is InChI=1S/C31H39Cl2FN4O3/c1-30(2,3)18-24-31(21-10-9-19(32)17-23(21)36-29(31)40)25(20-7-5-8-22(33)26(20)34)27(37(24)4)28(39)35-11-6-12-38-13-15-41-16-14-38/h5,7-10,17,24-25,27H,6,11-16,18H2,1-4H3,(H,35,39)(H,36,40). The van der Waals surface area contributed by atoms with Crippen LogP contribution in [0.25, 0.3) is 0 Å². The van der Waals surface area contributed by atoms with Crippen LogP contribution in [0.15, 0.2) is 36.4 Å². The van der Waals surface area contributed by atoms with E-state index in [0.717, 1.165) is 44.8 Å². The predicted molar refractivity (Wildman–Crippen MR) is 160 cm³/mol. The summed E-state index contributed by atoms with van der Waals surface area (Å²) < 4.78 is 21.4. The lowest BCUT2D eigenvalue weighted by atomic mass is 9.62. The van der Waals surface area contributed by atoms with Crippen molar-refractivity contribution in [3.8, 4) is 0 Å².